The number of hydrogen-bond acceptors (Lipinski definition) is 3. The molecule has 1 N–H and O–H groups in total. The molecule has 108 valence electrons. The van der Waals surface area contributed by atoms with E-state index in [0.717, 1.165) is 0 Å². The number of carbonyl (C=O) groups excluding carboxylic acids is 1. The van der Waals surface area contributed by atoms with Crippen molar-refractivity contribution in [3.05, 3.63) is 40.9 Å². The standard InChI is InChI=1S/C15H17ClO4/c1-9(2)6-10(3)15(19)12-5-4-11(7-13(12)16)20-8-14(17)18/h4-5,7,9H,3,6,8H2,1-2H3,(H,17,18). The molecule has 1 rings (SSSR count). The van der Waals surface area contributed by atoms with E-state index in [-0.39, 0.29) is 10.8 Å². The van der Waals surface area contributed by atoms with E-state index >= 15 is 0 Å². The zero-order valence-electron chi connectivity index (χ0n) is 11.5. The average molecular weight is 297 g/mol. The van der Waals surface area contributed by atoms with Crippen LogP contribution in [-0.2, 0) is 4.79 Å². The summed E-state index contributed by atoms with van der Waals surface area (Å²) in [4.78, 5) is 22.6. The van der Waals surface area contributed by atoms with Gasteiger partial charge in [-0.1, -0.05) is 32.0 Å². The van der Waals surface area contributed by atoms with Crippen molar-refractivity contribution in [2.24, 2.45) is 5.92 Å². The molecule has 0 aliphatic heterocycles. The molecule has 5 heteroatoms. The maximum atomic E-state index is 12.2. The summed E-state index contributed by atoms with van der Waals surface area (Å²) in [5.41, 5.74) is 0.848. The first-order valence-electron chi connectivity index (χ1n) is 6.18. The van der Waals surface area contributed by atoms with Crippen LogP contribution in [0.3, 0.4) is 0 Å². The minimum absolute atomic E-state index is 0.200. The van der Waals surface area contributed by atoms with Gasteiger partial charge in [0.15, 0.2) is 12.4 Å². The van der Waals surface area contributed by atoms with Crippen molar-refractivity contribution in [3.63, 3.8) is 0 Å². The highest BCUT2D eigenvalue weighted by Crippen LogP contribution is 2.26. The molecule has 20 heavy (non-hydrogen) atoms. The summed E-state index contributed by atoms with van der Waals surface area (Å²) in [6.45, 7) is 7.33. The molecule has 4 nitrogen and oxygen atoms in total. The minimum atomic E-state index is -1.08. The highest BCUT2D eigenvalue weighted by molar-refractivity contribution is 6.35. The summed E-state index contributed by atoms with van der Waals surface area (Å²) in [6, 6.07) is 4.47. The van der Waals surface area contributed by atoms with Gasteiger partial charge in [0.1, 0.15) is 5.75 Å². The number of allylic oxidation sites excluding steroid dienone is 1. The Hall–Kier alpha value is -1.81. The highest BCUT2D eigenvalue weighted by Gasteiger charge is 2.15. The van der Waals surface area contributed by atoms with Crippen molar-refractivity contribution in [2.75, 3.05) is 6.61 Å². The molecule has 0 fully saturated rings. The van der Waals surface area contributed by atoms with Crippen molar-refractivity contribution < 1.29 is 19.4 Å². The number of Topliss-reactive ketones (excluding diaryl/α,β-unsaturated/α-hetero) is 1. The maximum absolute atomic E-state index is 12.2. The number of hydrogen-bond donors (Lipinski definition) is 1. The molecule has 0 heterocycles. The maximum Gasteiger partial charge on any atom is 0.341 e. The van der Waals surface area contributed by atoms with Crippen LogP contribution in [0.2, 0.25) is 5.02 Å². The Morgan fingerprint density at radius 1 is 1.40 bits per heavy atom. The summed E-state index contributed by atoms with van der Waals surface area (Å²) >= 11 is 6.03. The van der Waals surface area contributed by atoms with E-state index in [9.17, 15) is 9.59 Å². The third-order valence-electron chi connectivity index (χ3n) is 2.52. The van der Waals surface area contributed by atoms with Crippen LogP contribution in [0.25, 0.3) is 0 Å². The SMILES string of the molecule is C=C(CC(C)C)C(=O)c1ccc(OCC(=O)O)cc1Cl. The minimum Gasteiger partial charge on any atom is -0.482 e. The quantitative estimate of drug-likeness (QED) is 0.617. The predicted molar refractivity (Wildman–Crippen MR) is 77.5 cm³/mol. The van der Waals surface area contributed by atoms with Gasteiger partial charge in [-0.25, -0.2) is 4.79 Å². The molecule has 0 aliphatic rings. The van der Waals surface area contributed by atoms with Crippen molar-refractivity contribution in [2.45, 2.75) is 20.3 Å². The lowest BCUT2D eigenvalue weighted by atomic mass is 9.97. The van der Waals surface area contributed by atoms with Crippen LogP contribution in [0, 0.1) is 5.92 Å². The average Bonchev–Trinajstić information content (AvgIpc) is 2.34. The molecule has 0 radical (unpaired) electrons. The Bertz CT molecular complexity index is 535. The van der Waals surface area contributed by atoms with E-state index in [4.69, 9.17) is 21.4 Å². The van der Waals surface area contributed by atoms with E-state index in [0.29, 0.717) is 29.2 Å². The first-order valence-corrected chi connectivity index (χ1v) is 6.55. The third-order valence-corrected chi connectivity index (χ3v) is 2.84. The molecule has 0 saturated carbocycles. The molecule has 1 aromatic rings. The number of carbonyl (C=O) groups is 2. The lowest BCUT2D eigenvalue weighted by molar-refractivity contribution is -0.139. The Kier molecular flexibility index (Phi) is 5.77. The molecule has 0 saturated heterocycles. The Morgan fingerprint density at radius 3 is 2.55 bits per heavy atom. The van der Waals surface area contributed by atoms with Crippen molar-refractivity contribution in [3.8, 4) is 5.75 Å². The molecule has 0 aromatic heterocycles. The number of carboxylic acids is 1. The van der Waals surface area contributed by atoms with Crippen molar-refractivity contribution in [1.29, 1.82) is 0 Å². The molecule has 0 atom stereocenters. The van der Waals surface area contributed by atoms with Gasteiger partial charge in [-0.05, 0) is 36.1 Å². The summed E-state index contributed by atoms with van der Waals surface area (Å²) in [5, 5.41) is 8.74. The number of aliphatic carboxylic acids is 1. The van der Waals surface area contributed by atoms with Crippen LogP contribution in [0.1, 0.15) is 30.6 Å². The summed E-state index contributed by atoms with van der Waals surface area (Å²) in [5.74, 6) is -0.633. The van der Waals surface area contributed by atoms with Crippen LogP contribution >= 0.6 is 11.6 Å². The van der Waals surface area contributed by atoms with E-state index < -0.39 is 12.6 Å². The molecule has 0 bridgehead atoms. The van der Waals surface area contributed by atoms with Crippen LogP contribution < -0.4 is 4.74 Å². The number of ketones is 1. The fourth-order valence-corrected chi connectivity index (χ4v) is 1.95. The Morgan fingerprint density at radius 2 is 2.05 bits per heavy atom. The van der Waals surface area contributed by atoms with Gasteiger partial charge in [-0.3, -0.25) is 4.79 Å². The normalized spacial score (nSPS) is 10.4. The van der Waals surface area contributed by atoms with Gasteiger partial charge in [0.2, 0.25) is 0 Å². The lowest BCUT2D eigenvalue weighted by Gasteiger charge is -2.10. The summed E-state index contributed by atoms with van der Waals surface area (Å²) < 4.78 is 4.99. The van der Waals surface area contributed by atoms with Gasteiger partial charge < -0.3 is 9.84 Å². The number of ether oxygens (including phenoxy) is 1. The molecule has 0 amide bonds. The Balaban J connectivity index is 2.84. The first-order chi connectivity index (χ1) is 9.31. The van der Waals surface area contributed by atoms with Crippen LogP contribution in [0.5, 0.6) is 5.75 Å². The Labute approximate surface area is 123 Å². The number of rotatable bonds is 7. The van der Waals surface area contributed by atoms with Crippen molar-refractivity contribution in [1.82, 2.24) is 0 Å². The summed E-state index contributed by atoms with van der Waals surface area (Å²) in [6.07, 6.45) is 0.604. The van der Waals surface area contributed by atoms with Gasteiger partial charge in [0.05, 0.1) is 5.02 Å². The van der Waals surface area contributed by atoms with E-state index in [1.165, 1.54) is 18.2 Å². The van der Waals surface area contributed by atoms with Gasteiger partial charge in [-0.15, -0.1) is 0 Å². The van der Waals surface area contributed by atoms with E-state index in [1.54, 1.807) is 0 Å². The molecular formula is C15H17ClO4. The number of carboxylic acid groups (broad SMARTS) is 1. The zero-order chi connectivity index (χ0) is 15.3. The second-order valence-electron chi connectivity index (χ2n) is 4.85. The first kappa shape index (κ1) is 16.2. The van der Waals surface area contributed by atoms with Crippen molar-refractivity contribution >= 4 is 23.4 Å². The van der Waals surface area contributed by atoms with Gasteiger partial charge in [-0.2, -0.15) is 0 Å². The zero-order valence-corrected chi connectivity index (χ0v) is 12.2. The second-order valence-corrected chi connectivity index (χ2v) is 5.26. The largest absolute Gasteiger partial charge is 0.482 e. The molecule has 1 aromatic carbocycles. The summed E-state index contributed by atoms with van der Waals surface area (Å²) in [7, 11) is 0. The molecule has 0 spiro atoms. The third kappa shape index (κ3) is 4.70. The van der Waals surface area contributed by atoms with Crippen LogP contribution in [0.15, 0.2) is 30.4 Å². The lowest BCUT2D eigenvalue weighted by Crippen LogP contribution is -2.10. The van der Waals surface area contributed by atoms with E-state index in [1.807, 2.05) is 13.8 Å². The topological polar surface area (TPSA) is 63.6 Å². The molecule has 0 aliphatic carbocycles. The van der Waals surface area contributed by atoms with Crippen LogP contribution in [0.4, 0.5) is 0 Å². The fraction of sp³-hybridized carbons (Fsp3) is 0.333. The van der Waals surface area contributed by atoms with Crippen LogP contribution in [-0.4, -0.2) is 23.5 Å². The van der Waals surface area contributed by atoms with Gasteiger partial charge in [0.25, 0.3) is 0 Å². The monoisotopic (exact) mass is 296 g/mol. The number of halogens is 1. The second kappa shape index (κ2) is 7.10. The predicted octanol–water partition coefficient (Wildman–Crippen LogP) is 3.59. The fourth-order valence-electron chi connectivity index (χ4n) is 1.69. The van der Waals surface area contributed by atoms with Gasteiger partial charge in [0, 0.05) is 5.56 Å². The van der Waals surface area contributed by atoms with Gasteiger partial charge >= 0.3 is 5.97 Å². The smallest absolute Gasteiger partial charge is 0.341 e. The van der Waals surface area contributed by atoms with E-state index in [2.05, 4.69) is 6.58 Å². The molecule has 0 unspecified atom stereocenters. The highest BCUT2D eigenvalue weighted by atomic mass is 35.5. The molecular weight excluding hydrogens is 280 g/mol. The number of benzene rings is 1.